The molecule has 0 aromatic heterocycles. The second-order valence-electron chi connectivity index (χ2n) is 4.17. The highest BCUT2D eigenvalue weighted by molar-refractivity contribution is 6.32. The summed E-state index contributed by atoms with van der Waals surface area (Å²) in [5.41, 5.74) is 0.336. The summed E-state index contributed by atoms with van der Waals surface area (Å²) < 4.78 is 28.3. The molecule has 0 aliphatic carbocycles. The van der Waals surface area contributed by atoms with E-state index in [0.717, 1.165) is 0 Å². The molecule has 1 atom stereocenters. The summed E-state index contributed by atoms with van der Waals surface area (Å²) in [6.45, 7) is -2.97. The summed E-state index contributed by atoms with van der Waals surface area (Å²) >= 11 is 5.76. The minimum Gasteiger partial charge on any atom is -0.433 e. The van der Waals surface area contributed by atoms with Crippen LogP contribution in [0, 0.1) is 0 Å². The molecule has 0 radical (unpaired) electrons. The summed E-state index contributed by atoms with van der Waals surface area (Å²) in [7, 11) is 0. The highest BCUT2D eigenvalue weighted by atomic mass is 35.5. The Labute approximate surface area is 118 Å². The highest BCUT2D eigenvalue weighted by Crippen LogP contribution is 2.29. The second kappa shape index (κ2) is 6.04. The van der Waals surface area contributed by atoms with Gasteiger partial charge in [-0.1, -0.05) is 11.6 Å². The van der Waals surface area contributed by atoms with E-state index < -0.39 is 12.7 Å². The van der Waals surface area contributed by atoms with Crippen molar-refractivity contribution in [1.29, 1.82) is 0 Å². The Morgan fingerprint density at radius 2 is 2.25 bits per heavy atom. The number of carbonyl (C=O) groups excluding carboxylic acids is 2. The quantitative estimate of drug-likeness (QED) is 0.895. The van der Waals surface area contributed by atoms with Crippen molar-refractivity contribution in [2.75, 3.05) is 5.32 Å². The van der Waals surface area contributed by atoms with Crippen LogP contribution in [-0.4, -0.2) is 24.5 Å². The van der Waals surface area contributed by atoms with Crippen molar-refractivity contribution in [3.63, 3.8) is 0 Å². The van der Waals surface area contributed by atoms with Crippen molar-refractivity contribution < 1.29 is 23.1 Å². The van der Waals surface area contributed by atoms with Crippen LogP contribution in [-0.2, 0) is 9.59 Å². The molecule has 1 aliphatic heterocycles. The molecule has 2 N–H and O–H groups in total. The van der Waals surface area contributed by atoms with Crippen molar-refractivity contribution in [1.82, 2.24) is 5.32 Å². The van der Waals surface area contributed by atoms with Crippen LogP contribution in [0.25, 0.3) is 0 Å². The van der Waals surface area contributed by atoms with Gasteiger partial charge < -0.3 is 15.4 Å². The molecule has 2 rings (SSSR count). The van der Waals surface area contributed by atoms with Crippen LogP contribution < -0.4 is 15.4 Å². The molecular formula is C12H11ClF2N2O3. The number of benzene rings is 1. The fourth-order valence-corrected chi connectivity index (χ4v) is 2.04. The zero-order valence-electron chi connectivity index (χ0n) is 10.2. The van der Waals surface area contributed by atoms with Crippen molar-refractivity contribution in [3.8, 4) is 5.75 Å². The summed E-state index contributed by atoms with van der Waals surface area (Å²) in [5, 5.41) is 5.02. The first-order chi connectivity index (χ1) is 9.45. The lowest BCUT2D eigenvalue weighted by Crippen LogP contribution is -2.37. The Kier molecular flexibility index (Phi) is 4.39. The number of ether oxygens (including phenoxy) is 1. The monoisotopic (exact) mass is 304 g/mol. The number of carbonyl (C=O) groups is 2. The number of amides is 2. The smallest absolute Gasteiger partial charge is 0.387 e. The Morgan fingerprint density at radius 3 is 2.80 bits per heavy atom. The van der Waals surface area contributed by atoms with Crippen molar-refractivity contribution in [2.45, 2.75) is 25.5 Å². The van der Waals surface area contributed by atoms with E-state index in [4.69, 9.17) is 11.6 Å². The van der Waals surface area contributed by atoms with Gasteiger partial charge in [0.1, 0.15) is 11.8 Å². The van der Waals surface area contributed by atoms with Gasteiger partial charge in [0.15, 0.2) is 0 Å². The van der Waals surface area contributed by atoms with E-state index in [-0.39, 0.29) is 22.6 Å². The molecule has 1 aromatic rings. The Bertz CT molecular complexity index is 539. The SMILES string of the molecule is O=C1CCC(C(=O)Nc2ccc(OC(F)F)c(Cl)c2)N1. The number of anilines is 1. The minimum atomic E-state index is -2.97. The zero-order chi connectivity index (χ0) is 14.7. The molecule has 0 spiro atoms. The second-order valence-corrected chi connectivity index (χ2v) is 4.58. The number of nitrogens with one attached hydrogen (secondary N) is 2. The summed E-state index contributed by atoms with van der Waals surface area (Å²) in [6.07, 6.45) is 0.727. The van der Waals surface area contributed by atoms with E-state index in [1.54, 1.807) is 0 Å². The average Bonchev–Trinajstić information content (AvgIpc) is 2.79. The van der Waals surface area contributed by atoms with Crippen molar-refractivity contribution in [2.24, 2.45) is 0 Å². The maximum absolute atomic E-state index is 12.1. The maximum atomic E-state index is 12.1. The largest absolute Gasteiger partial charge is 0.433 e. The van der Waals surface area contributed by atoms with Gasteiger partial charge in [0.05, 0.1) is 5.02 Å². The van der Waals surface area contributed by atoms with Gasteiger partial charge in [-0.15, -0.1) is 0 Å². The lowest BCUT2D eigenvalue weighted by Gasteiger charge is -2.12. The first kappa shape index (κ1) is 14.5. The van der Waals surface area contributed by atoms with Crippen LogP contribution in [0.5, 0.6) is 5.75 Å². The van der Waals surface area contributed by atoms with E-state index >= 15 is 0 Å². The molecular weight excluding hydrogens is 294 g/mol. The third-order valence-electron chi connectivity index (χ3n) is 2.73. The van der Waals surface area contributed by atoms with Gasteiger partial charge in [0.25, 0.3) is 0 Å². The minimum absolute atomic E-state index is 0.0430. The van der Waals surface area contributed by atoms with Crippen molar-refractivity contribution in [3.05, 3.63) is 23.2 Å². The van der Waals surface area contributed by atoms with Gasteiger partial charge in [0, 0.05) is 12.1 Å². The van der Waals surface area contributed by atoms with Crippen LogP contribution in [0.3, 0.4) is 0 Å². The van der Waals surface area contributed by atoms with Gasteiger partial charge in [-0.3, -0.25) is 9.59 Å². The lowest BCUT2D eigenvalue weighted by atomic mass is 10.2. The van der Waals surface area contributed by atoms with E-state index in [9.17, 15) is 18.4 Å². The summed E-state index contributed by atoms with van der Waals surface area (Å²) in [4.78, 5) is 22.8. The first-order valence-electron chi connectivity index (χ1n) is 5.80. The van der Waals surface area contributed by atoms with Gasteiger partial charge in [-0.05, 0) is 24.6 Å². The third-order valence-corrected chi connectivity index (χ3v) is 3.02. The molecule has 0 saturated carbocycles. The molecule has 1 heterocycles. The van der Waals surface area contributed by atoms with Crippen LogP contribution in [0.15, 0.2) is 18.2 Å². The van der Waals surface area contributed by atoms with Crippen LogP contribution in [0.4, 0.5) is 14.5 Å². The molecule has 0 bridgehead atoms. The lowest BCUT2D eigenvalue weighted by molar-refractivity contribution is -0.122. The van der Waals surface area contributed by atoms with Gasteiger partial charge >= 0.3 is 6.61 Å². The molecule has 1 unspecified atom stereocenters. The standard InChI is InChI=1S/C12H11ClF2N2O3/c13-7-5-6(1-3-9(7)20-12(14)15)16-11(19)8-2-4-10(18)17-8/h1,3,5,8,12H,2,4H2,(H,16,19)(H,17,18). The number of halogens is 3. The molecule has 1 aliphatic rings. The molecule has 20 heavy (non-hydrogen) atoms. The predicted molar refractivity (Wildman–Crippen MR) is 67.9 cm³/mol. The van der Waals surface area contributed by atoms with Crippen LogP contribution >= 0.6 is 11.6 Å². The van der Waals surface area contributed by atoms with Gasteiger partial charge in [0.2, 0.25) is 11.8 Å². The molecule has 108 valence electrons. The highest BCUT2D eigenvalue weighted by Gasteiger charge is 2.27. The zero-order valence-corrected chi connectivity index (χ0v) is 10.9. The number of hydrogen-bond acceptors (Lipinski definition) is 3. The summed E-state index contributed by atoms with van der Waals surface area (Å²) in [6, 6.07) is 3.34. The Balaban J connectivity index is 2.01. The number of rotatable bonds is 4. The molecule has 2 amide bonds. The molecule has 1 aromatic carbocycles. The Morgan fingerprint density at radius 1 is 1.50 bits per heavy atom. The summed E-state index contributed by atoms with van der Waals surface area (Å²) in [5.74, 6) is -0.729. The predicted octanol–water partition coefficient (Wildman–Crippen LogP) is 2.16. The van der Waals surface area contributed by atoms with Gasteiger partial charge in [-0.2, -0.15) is 8.78 Å². The fourth-order valence-electron chi connectivity index (χ4n) is 1.81. The number of hydrogen-bond donors (Lipinski definition) is 2. The number of alkyl halides is 2. The van der Waals surface area contributed by atoms with Crippen LogP contribution in [0.2, 0.25) is 5.02 Å². The maximum Gasteiger partial charge on any atom is 0.387 e. The molecule has 5 nitrogen and oxygen atoms in total. The van der Waals surface area contributed by atoms with E-state index in [1.165, 1.54) is 18.2 Å². The normalized spacial score (nSPS) is 18.0. The first-order valence-corrected chi connectivity index (χ1v) is 6.18. The van der Waals surface area contributed by atoms with Gasteiger partial charge in [-0.25, -0.2) is 0 Å². The third kappa shape index (κ3) is 3.57. The molecule has 8 heteroatoms. The fraction of sp³-hybridized carbons (Fsp3) is 0.333. The molecule has 1 fully saturated rings. The molecule has 1 saturated heterocycles. The van der Waals surface area contributed by atoms with E-state index in [2.05, 4.69) is 15.4 Å². The van der Waals surface area contributed by atoms with Crippen LogP contribution in [0.1, 0.15) is 12.8 Å². The average molecular weight is 305 g/mol. The van der Waals surface area contributed by atoms with E-state index in [0.29, 0.717) is 18.5 Å². The topological polar surface area (TPSA) is 67.4 Å². The van der Waals surface area contributed by atoms with Crippen molar-refractivity contribution >= 4 is 29.1 Å². The Hall–Kier alpha value is -1.89. The van der Waals surface area contributed by atoms with E-state index in [1.807, 2.05) is 0 Å².